The van der Waals surface area contributed by atoms with Crippen LogP contribution in [0.3, 0.4) is 0 Å². The topological polar surface area (TPSA) is 36.1 Å². The number of hydrogen-bond donors (Lipinski definition) is 3. The summed E-state index contributed by atoms with van der Waals surface area (Å²) < 4.78 is 0. The lowest BCUT2D eigenvalue weighted by molar-refractivity contribution is 0.403. The van der Waals surface area contributed by atoms with Crippen LogP contribution in [-0.2, 0) is 0 Å². The van der Waals surface area contributed by atoms with Gasteiger partial charge in [0.2, 0.25) is 0 Å². The molecule has 1 saturated heterocycles. The molecule has 3 nitrogen and oxygen atoms in total. The summed E-state index contributed by atoms with van der Waals surface area (Å²) in [5, 5.41) is 10.4. The summed E-state index contributed by atoms with van der Waals surface area (Å²) in [6.07, 6.45) is 2.63. The van der Waals surface area contributed by atoms with Gasteiger partial charge in [0.1, 0.15) is 0 Å². The highest BCUT2D eigenvalue weighted by Gasteiger charge is 2.36. The summed E-state index contributed by atoms with van der Waals surface area (Å²) in [6.45, 7) is 2.41. The van der Waals surface area contributed by atoms with Crippen LogP contribution in [0.15, 0.2) is 11.4 Å². The van der Waals surface area contributed by atoms with Crippen LogP contribution in [0.5, 0.6) is 0 Å². The zero-order chi connectivity index (χ0) is 7.97. The van der Waals surface area contributed by atoms with Crippen LogP contribution in [0.4, 0.5) is 0 Å². The minimum Gasteiger partial charge on any atom is -0.352 e. The number of nitrogens with one attached hydrogen (secondary N) is 3. The number of fused-ring (bicyclic) bond motifs is 2. The van der Waals surface area contributed by atoms with Gasteiger partial charge in [-0.05, 0) is 25.3 Å². The van der Waals surface area contributed by atoms with Gasteiger partial charge in [0.15, 0.2) is 0 Å². The molecule has 1 unspecified atom stereocenters. The Kier molecular flexibility index (Phi) is 1.56. The van der Waals surface area contributed by atoms with Gasteiger partial charge in [-0.2, -0.15) is 0 Å². The lowest BCUT2D eigenvalue weighted by Crippen LogP contribution is -2.24. The van der Waals surface area contributed by atoms with Crippen molar-refractivity contribution in [2.75, 3.05) is 13.1 Å². The SMILES string of the molecule is C1C[C@H]2CNC[C@H]2C2=C1NPN2. The Morgan fingerprint density at radius 3 is 3.25 bits per heavy atom. The second-order valence-corrected chi connectivity index (χ2v) is 4.58. The molecule has 0 radical (unpaired) electrons. The van der Waals surface area contributed by atoms with Crippen LogP contribution >= 0.6 is 8.88 Å². The fourth-order valence-corrected chi connectivity index (χ4v) is 3.48. The van der Waals surface area contributed by atoms with Crippen molar-refractivity contribution in [1.29, 1.82) is 0 Å². The van der Waals surface area contributed by atoms with Crippen LogP contribution in [0, 0.1) is 11.8 Å². The molecular weight excluding hydrogens is 169 g/mol. The van der Waals surface area contributed by atoms with E-state index in [-0.39, 0.29) is 0 Å². The highest BCUT2D eigenvalue weighted by Crippen LogP contribution is 2.39. The van der Waals surface area contributed by atoms with Gasteiger partial charge in [-0.15, -0.1) is 0 Å². The maximum Gasteiger partial charge on any atom is 0.0739 e. The van der Waals surface area contributed by atoms with E-state index in [0.717, 1.165) is 20.7 Å². The quantitative estimate of drug-likeness (QED) is 0.479. The first kappa shape index (κ1) is 7.16. The molecule has 3 aliphatic rings. The number of hydrogen-bond acceptors (Lipinski definition) is 3. The Morgan fingerprint density at radius 2 is 2.25 bits per heavy atom. The fraction of sp³-hybridized carbons (Fsp3) is 0.750. The highest BCUT2D eigenvalue weighted by atomic mass is 31.1. The van der Waals surface area contributed by atoms with Crippen molar-refractivity contribution in [2.24, 2.45) is 11.8 Å². The second-order valence-electron chi connectivity index (χ2n) is 3.83. The zero-order valence-electron chi connectivity index (χ0n) is 6.98. The summed E-state index contributed by atoms with van der Waals surface area (Å²) in [4.78, 5) is 0. The average molecular weight is 183 g/mol. The van der Waals surface area contributed by atoms with Crippen molar-refractivity contribution in [1.82, 2.24) is 15.5 Å². The summed E-state index contributed by atoms with van der Waals surface area (Å²) in [5.74, 6) is 1.69. The molecule has 2 heterocycles. The molecule has 12 heavy (non-hydrogen) atoms. The first-order valence-corrected chi connectivity index (χ1v) is 5.66. The van der Waals surface area contributed by atoms with Gasteiger partial charge in [0.25, 0.3) is 0 Å². The van der Waals surface area contributed by atoms with Crippen LogP contribution in [0.1, 0.15) is 12.8 Å². The van der Waals surface area contributed by atoms with Crippen molar-refractivity contribution < 1.29 is 0 Å². The minimum atomic E-state index is 0.728. The second kappa shape index (κ2) is 2.61. The average Bonchev–Trinajstić information content (AvgIpc) is 2.71. The van der Waals surface area contributed by atoms with E-state index in [2.05, 4.69) is 15.5 Å². The largest absolute Gasteiger partial charge is 0.352 e. The molecule has 0 saturated carbocycles. The van der Waals surface area contributed by atoms with Crippen LogP contribution in [-0.4, -0.2) is 13.1 Å². The van der Waals surface area contributed by atoms with E-state index in [0.29, 0.717) is 0 Å². The fourth-order valence-electron chi connectivity index (χ4n) is 2.53. The first-order chi connectivity index (χ1) is 5.95. The standard InChI is InChI=1S/C8H14N3P/c1-2-7-8(11-12-10-7)6-4-9-3-5(1)6/h5-6,9-12H,1-4H2/t5-,6+/m0/s1. The molecule has 0 aromatic heterocycles. The Balaban J connectivity index is 1.93. The normalized spacial score (nSPS) is 40.7. The molecule has 2 aliphatic heterocycles. The van der Waals surface area contributed by atoms with Gasteiger partial charge in [0, 0.05) is 23.9 Å². The maximum absolute atomic E-state index is 3.49. The Bertz CT molecular complexity index is 238. The molecule has 0 aromatic rings. The van der Waals surface area contributed by atoms with E-state index in [1.54, 1.807) is 0 Å². The van der Waals surface area contributed by atoms with Crippen LogP contribution in [0.2, 0.25) is 0 Å². The van der Waals surface area contributed by atoms with E-state index in [1.165, 1.54) is 37.3 Å². The van der Waals surface area contributed by atoms with E-state index in [1.807, 2.05) is 0 Å². The third-order valence-electron chi connectivity index (χ3n) is 3.21. The third-order valence-corrected chi connectivity index (χ3v) is 4.03. The lowest BCUT2D eigenvalue weighted by Gasteiger charge is -2.25. The molecule has 3 atom stereocenters. The highest BCUT2D eigenvalue weighted by molar-refractivity contribution is 7.34. The molecule has 0 spiro atoms. The van der Waals surface area contributed by atoms with E-state index >= 15 is 0 Å². The van der Waals surface area contributed by atoms with Gasteiger partial charge >= 0.3 is 0 Å². The first-order valence-electron chi connectivity index (χ1n) is 4.66. The van der Waals surface area contributed by atoms with Gasteiger partial charge in [-0.1, -0.05) is 0 Å². The van der Waals surface area contributed by atoms with Crippen LogP contribution in [0.25, 0.3) is 0 Å². The predicted molar refractivity (Wildman–Crippen MR) is 50.7 cm³/mol. The van der Waals surface area contributed by atoms with Crippen LogP contribution < -0.4 is 15.5 Å². The van der Waals surface area contributed by atoms with E-state index in [9.17, 15) is 0 Å². The molecule has 3 N–H and O–H groups in total. The molecule has 66 valence electrons. The van der Waals surface area contributed by atoms with Crippen molar-refractivity contribution >= 4 is 8.88 Å². The Hall–Kier alpha value is -0.270. The van der Waals surface area contributed by atoms with Gasteiger partial charge in [-0.25, -0.2) is 0 Å². The van der Waals surface area contributed by atoms with E-state index < -0.39 is 0 Å². The monoisotopic (exact) mass is 183 g/mol. The molecule has 1 aliphatic carbocycles. The van der Waals surface area contributed by atoms with E-state index in [4.69, 9.17) is 0 Å². The summed E-state index contributed by atoms with van der Waals surface area (Å²) in [7, 11) is 0.728. The maximum atomic E-state index is 3.49. The molecule has 0 bridgehead atoms. The summed E-state index contributed by atoms with van der Waals surface area (Å²) in [5.41, 5.74) is 3.02. The van der Waals surface area contributed by atoms with Crippen molar-refractivity contribution in [3.8, 4) is 0 Å². The lowest BCUT2D eigenvalue weighted by atomic mass is 9.83. The smallest absolute Gasteiger partial charge is 0.0739 e. The molecule has 0 amide bonds. The summed E-state index contributed by atoms with van der Waals surface area (Å²) in [6, 6.07) is 0. The predicted octanol–water partition coefficient (Wildman–Crippen LogP) is 0.529. The molecule has 4 heteroatoms. The van der Waals surface area contributed by atoms with Crippen molar-refractivity contribution in [3.05, 3.63) is 11.4 Å². The van der Waals surface area contributed by atoms with Gasteiger partial charge in [0.05, 0.1) is 8.88 Å². The van der Waals surface area contributed by atoms with Crippen molar-refractivity contribution in [2.45, 2.75) is 12.8 Å². The molecular formula is C8H14N3P. The molecule has 3 rings (SSSR count). The number of allylic oxidation sites excluding steroid dienone is 1. The minimum absolute atomic E-state index is 0.728. The van der Waals surface area contributed by atoms with Gasteiger partial charge < -0.3 is 15.5 Å². The Labute approximate surface area is 74.3 Å². The zero-order valence-corrected chi connectivity index (χ0v) is 7.98. The molecule has 1 fully saturated rings. The van der Waals surface area contributed by atoms with Crippen molar-refractivity contribution in [3.63, 3.8) is 0 Å². The molecule has 0 aromatic carbocycles. The van der Waals surface area contributed by atoms with Gasteiger partial charge in [-0.3, -0.25) is 0 Å². The Morgan fingerprint density at radius 1 is 1.25 bits per heavy atom. The summed E-state index contributed by atoms with van der Waals surface area (Å²) >= 11 is 0. The third kappa shape index (κ3) is 0.898. The number of rotatable bonds is 0.